The summed E-state index contributed by atoms with van der Waals surface area (Å²) in [6, 6.07) is 15.7. The summed E-state index contributed by atoms with van der Waals surface area (Å²) in [4.78, 5) is 27.1. The predicted octanol–water partition coefficient (Wildman–Crippen LogP) is 4.21. The Balaban J connectivity index is 2.03. The van der Waals surface area contributed by atoms with Gasteiger partial charge < -0.3 is 4.74 Å². The van der Waals surface area contributed by atoms with E-state index in [1.54, 1.807) is 25.1 Å². The number of pyridine rings is 1. The molecule has 0 unspecified atom stereocenters. The molecule has 0 aliphatic carbocycles. The Morgan fingerprint density at radius 3 is 2.44 bits per heavy atom. The van der Waals surface area contributed by atoms with Gasteiger partial charge in [-0.1, -0.05) is 48.9 Å². The van der Waals surface area contributed by atoms with Gasteiger partial charge in [-0.2, -0.15) is 5.10 Å². The number of fused-ring (bicyclic) bond motifs is 1. The van der Waals surface area contributed by atoms with E-state index in [1.165, 1.54) is 22.4 Å². The maximum absolute atomic E-state index is 13.7. The molecule has 0 saturated heterocycles. The van der Waals surface area contributed by atoms with Gasteiger partial charge in [0.15, 0.2) is 20.6 Å². The van der Waals surface area contributed by atoms with Crippen LogP contribution in [0, 0.1) is 0 Å². The second kappa shape index (κ2) is 10.4. The van der Waals surface area contributed by atoms with Crippen LogP contribution in [0.1, 0.15) is 29.5 Å². The van der Waals surface area contributed by atoms with Crippen molar-refractivity contribution < 1.29 is 17.9 Å². The molecule has 0 aliphatic rings. The predicted molar refractivity (Wildman–Crippen MR) is 140 cm³/mol. The molecule has 2 aromatic carbocycles. The third-order valence-electron chi connectivity index (χ3n) is 5.88. The van der Waals surface area contributed by atoms with Crippen molar-refractivity contribution in [2.75, 3.05) is 20.0 Å². The Kier molecular flexibility index (Phi) is 7.44. The summed E-state index contributed by atoms with van der Waals surface area (Å²) in [6.45, 7) is 2.13. The van der Waals surface area contributed by atoms with E-state index in [0.29, 0.717) is 27.1 Å². The highest BCUT2D eigenvalue weighted by Crippen LogP contribution is 2.33. The number of methoxy groups -OCH3 is 1. The first-order valence-electron chi connectivity index (χ1n) is 11.4. The molecule has 4 aromatic rings. The molecular weight excluding hydrogens is 502 g/mol. The van der Waals surface area contributed by atoms with Gasteiger partial charge in [0.25, 0.3) is 5.56 Å². The van der Waals surface area contributed by atoms with Crippen molar-refractivity contribution in [3.05, 3.63) is 81.4 Å². The molecule has 2 heterocycles. The number of hydrogen-bond acceptors (Lipinski definition) is 6. The lowest BCUT2D eigenvalue weighted by atomic mass is 9.94. The van der Waals surface area contributed by atoms with Crippen LogP contribution in [0.4, 0.5) is 0 Å². The normalized spacial score (nSPS) is 11.8. The molecule has 4 rings (SSSR count). The van der Waals surface area contributed by atoms with Gasteiger partial charge in [-0.05, 0) is 29.1 Å². The Labute approximate surface area is 214 Å². The van der Waals surface area contributed by atoms with Gasteiger partial charge in [0.2, 0.25) is 0 Å². The first-order valence-corrected chi connectivity index (χ1v) is 13.6. The fourth-order valence-electron chi connectivity index (χ4n) is 4.25. The summed E-state index contributed by atoms with van der Waals surface area (Å²) in [5.74, 6) is -0.227. The van der Waals surface area contributed by atoms with E-state index < -0.39 is 9.84 Å². The SMILES string of the molecule is CCC(=O)c1c(-c2ccccc2)c2cc(Cl)ccc2c(=O)n1Cc1cc(S(C)(=O)=O)n(CCOC)n1. The smallest absolute Gasteiger partial charge is 0.259 e. The molecule has 0 fully saturated rings. The van der Waals surface area contributed by atoms with Crippen molar-refractivity contribution >= 4 is 38.0 Å². The number of rotatable bonds is 9. The van der Waals surface area contributed by atoms with Crippen molar-refractivity contribution in [1.29, 1.82) is 0 Å². The molecule has 0 saturated carbocycles. The Morgan fingerprint density at radius 2 is 1.81 bits per heavy atom. The van der Waals surface area contributed by atoms with Crippen molar-refractivity contribution in [2.24, 2.45) is 0 Å². The third kappa shape index (κ3) is 5.00. The quantitative estimate of drug-likeness (QED) is 0.302. The van der Waals surface area contributed by atoms with Crippen molar-refractivity contribution in [3.63, 3.8) is 0 Å². The number of Topliss-reactive ketones (excluding diaryl/α,β-unsaturated/α-hetero) is 1. The second-order valence-electron chi connectivity index (χ2n) is 8.41. The first kappa shape index (κ1) is 25.8. The minimum Gasteiger partial charge on any atom is -0.383 e. The Bertz CT molecular complexity index is 1610. The highest BCUT2D eigenvalue weighted by molar-refractivity contribution is 7.90. The summed E-state index contributed by atoms with van der Waals surface area (Å²) in [7, 11) is -2.08. The van der Waals surface area contributed by atoms with Crippen LogP contribution in [0.5, 0.6) is 0 Å². The number of nitrogens with zero attached hydrogens (tertiary/aromatic N) is 3. The first-order chi connectivity index (χ1) is 17.2. The zero-order valence-corrected chi connectivity index (χ0v) is 21.8. The molecule has 0 amide bonds. The van der Waals surface area contributed by atoms with E-state index in [-0.39, 0.29) is 48.2 Å². The lowest BCUT2D eigenvalue weighted by Crippen LogP contribution is -2.28. The maximum Gasteiger partial charge on any atom is 0.259 e. The molecule has 0 atom stereocenters. The van der Waals surface area contributed by atoms with E-state index >= 15 is 0 Å². The van der Waals surface area contributed by atoms with Gasteiger partial charge in [0, 0.05) is 41.8 Å². The van der Waals surface area contributed by atoms with Gasteiger partial charge in [-0.25, -0.2) is 8.42 Å². The molecule has 0 spiro atoms. The average molecular weight is 528 g/mol. The molecule has 0 aliphatic heterocycles. The fourth-order valence-corrected chi connectivity index (χ4v) is 5.29. The van der Waals surface area contributed by atoms with Crippen LogP contribution in [0.25, 0.3) is 21.9 Å². The van der Waals surface area contributed by atoms with E-state index in [4.69, 9.17) is 16.3 Å². The number of ketones is 1. The van der Waals surface area contributed by atoms with Gasteiger partial charge in [0.1, 0.15) is 0 Å². The van der Waals surface area contributed by atoms with Crippen LogP contribution in [0.15, 0.2) is 64.4 Å². The molecule has 8 nitrogen and oxygen atoms in total. The summed E-state index contributed by atoms with van der Waals surface area (Å²) in [5, 5.41) is 5.87. The lowest BCUT2D eigenvalue weighted by Gasteiger charge is -2.19. The molecular formula is C26H26ClN3O5S. The number of carbonyl (C=O) groups excluding carboxylic acids is 1. The van der Waals surface area contributed by atoms with Gasteiger partial charge in [0.05, 0.1) is 31.1 Å². The largest absolute Gasteiger partial charge is 0.383 e. The number of carbonyl (C=O) groups is 1. The number of sulfone groups is 1. The minimum atomic E-state index is -3.59. The summed E-state index contributed by atoms with van der Waals surface area (Å²) in [6.07, 6.45) is 1.27. The number of ether oxygens (including phenoxy) is 1. The van der Waals surface area contributed by atoms with Crippen molar-refractivity contribution in [1.82, 2.24) is 14.3 Å². The number of hydrogen-bond donors (Lipinski definition) is 0. The zero-order valence-electron chi connectivity index (χ0n) is 20.2. The third-order valence-corrected chi connectivity index (χ3v) is 7.21. The van der Waals surface area contributed by atoms with Crippen LogP contribution >= 0.6 is 11.6 Å². The minimum absolute atomic E-state index is 0.0156. The van der Waals surface area contributed by atoms with Crippen LogP contribution in [0.3, 0.4) is 0 Å². The van der Waals surface area contributed by atoms with Gasteiger partial charge >= 0.3 is 0 Å². The molecule has 10 heteroatoms. The molecule has 0 N–H and O–H groups in total. The highest BCUT2D eigenvalue weighted by atomic mass is 35.5. The number of benzene rings is 2. The summed E-state index contributed by atoms with van der Waals surface area (Å²) in [5.41, 5.74) is 1.55. The molecule has 2 aromatic heterocycles. The summed E-state index contributed by atoms with van der Waals surface area (Å²) >= 11 is 6.30. The Hall–Kier alpha value is -3.27. The van der Waals surface area contributed by atoms with Crippen LogP contribution in [-0.4, -0.2) is 48.5 Å². The van der Waals surface area contributed by atoms with Gasteiger partial charge in [-0.15, -0.1) is 0 Å². The zero-order chi connectivity index (χ0) is 26.0. The maximum atomic E-state index is 13.7. The second-order valence-corrected chi connectivity index (χ2v) is 10.8. The van der Waals surface area contributed by atoms with E-state index in [1.807, 2.05) is 30.3 Å². The van der Waals surface area contributed by atoms with Crippen molar-refractivity contribution in [2.45, 2.75) is 31.5 Å². The molecule has 188 valence electrons. The number of halogens is 1. The van der Waals surface area contributed by atoms with Crippen molar-refractivity contribution in [3.8, 4) is 11.1 Å². The average Bonchev–Trinajstić information content (AvgIpc) is 3.27. The molecule has 0 bridgehead atoms. The van der Waals surface area contributed by atoms with Crippen LogP contribution in [-0.2, 0) is 27.7 Å². The van der Waals surface area contributed by atoms with E-state index in [0.717, 1.165) is 11.8 Å². The van der Waals surface area contributed by atoms with E-state index in [2.05, 4.69) is 5.10 Å². The monoisotopic (exact) mass is 527 g/mol. The van der Waals surface area contributed by atoms with Crippen LogP contribution < -0.4 is 5.56 Å². The standard InChI is InChI=1S/C26H26ClN3O5S/c1-4-22(31)25-24(17-8-6-5-7-9-17)21-14-18(27)10-11-20(21)26(32)29(25)16-19-15-23(36(3,33)34)30(28-19)12-13-35-2/h5-11,14-15H,4,12-13,16H2,1-3H3. The molecule has 0 radical (unpaired) electrons. The summed E-state index contributed by atoms with van der Waals surface area (Å²) < 4.78 is 32.6. The number of aromatic nitrogens is 3. The van der Waals surface area contributed by atoms with Crippen LogP contribution in [0.2, 0.25) is 5.02 Å². The van der Waals surface area contributed by atoms with Gasteiger partial charge in [-0.3, -0.25) is 18.8 Å². The highest BCUT2D eigenvalue weighted by Gasteiger charge is 2.24. The van der Waals surface area contributed by atoms with E-state index in [9.17, 15) is 18.0 Å². The topological polar surface area (TPSA) is 100 Å². The lowest BCUT2D eigenvalue weighted by molar-refractivity contribution is 0.0979. The Morgan fingerprint density at radius 1 is 1.08 bits per heavy atom. The molecule has 36 heavy (non-hydrogen) atoms. The fraction of sp³-hybridized carbons (Fsp3) is 0.269.